The molecule has 0 aliphatic carbocycles. The number of nitrogens with zero attached hydrogens (tertiary/aromatic N) is 3. The van der Waals surface area contributed by atoms with Crippen LogP contribution in [-0.2, 0) is 0 Å². The molecule has 1 fully saturated rings. The Bertz CT molecular complexity index is 648. The maximum Gasteiger partial charge on any atom is 0.254 e. The Morgan fingerprint density at radius 3 is 3.09 bits per heavy atom. The van der Waals surface area contributed by atoms with Gasteiger partial charge in [0.2, 0.25) is 5.88 Å². The largest absolute Gasteiger partial charge is 0.437 e. The number of benzene rings is 1. The van der Waals surface area contributed by atoms with Gasteiger partial charge in [-0.15, -0.1) is 0 Å². The van der Waals surface area contributed by atoms with E-state index in [2.05, 4.69) is 15.3 Å². The Balaban J connectivity index is 1.77. The topological polar surface area (TPSA) is 67.4 Å². The predicted octanol–water partition coefficient (Wildman–Crippen LogP) is 1.70. The van der Waals surface area contributed by atoms with E-state index < -0.39 is 0 Å². The number of aromatic nitrogens is 2. The number of carbonyl (C=O) groups is 1. The predicted molar refractivity (Wildman–Crippen MR) is 81.9 cm³/mol. The van der Waals surface area contributed by atoms with E-state index >= 15 is 0 Å². The minimum atomic E-state index is 0.0265. The van der Waals surface area contributed by atoms with E-state index in [9.17, 15) is 4.79 Å². The van der Waals surface area contributed by atoms with Crippen molar-refractivity contribution in [3.05, 3.63) is 48.4 Å². The summed E-state index contributed by atoms with van der Waals surface area (Å²) in [6.45, 7) is 4.41. The molecule has 1 unspecified atom stereocenters. The van der Waals surface area contributed by atoms with Crippen molar-refractivity contribution < 1.29 is 9.53 Å². The van der Waals surface area contributed by atoms with Gasteiger partial charge in [-0.25, -0.2) is 4.98 Å². The maximum absolute atomic E-state index is 12.6. The van der Waals surface area contributed by atoms with Gasteiger partial charge in [0.1, 0.15) is 5.75 Å². The van der Waals surface area contributed by atoms with Crippen molar-refractivity contribution in [2.24, 2.45) is 0 Å². The van der Waals surface area contributed by atoms with Gasteiger partial charge in [-0.3, -0.25) is 9.78 Å². The molecule has 6 nitrogen and oxygen atoms in total. The van der Waals surface area contributed by atoms with Crippen LogP contribution in [0.1, 0.15) is 17.3 Å². The van der Waals surface area contributed by atoms with Crippen LogP contribution < -0.4 is 10.1 Å². The lowest BCUT2D eigenvalue weighted by Gasteiger charge is -2.34. The van der Waals surface area contributed by atoms with E-state index in [1.165, 1.54) is 6.20 Å². The standard InChI is InChI=1S/C16H18N4O2/c1-12-10-18-7-8-20(12)16(21)13-3-2-4-14(9-13)22-15-11-17-5-6-19-15/h2-6,9,11-12,18H,7-8,10H2,1H3. The van der Waals surface area contributed by atoms with Crippen LogP contribution >= 0.6 is 0 Å². The molecule has 0 spiro atoms. The van der Waals surface area contributed by atoms with Crippen molar-refractivity contribution in [2.45, 2.75) is 13.0 Å². The number of carbonyl (C=O) groups excluding carboxylic acids is 1. The molecule has 6 heteroatoms. The molecule has 1 aromatic heterocycles. The number of ether oxygens (including phenoxy) is 1. The second-order valence-electron chi connectivity index (χ2n) is 5.23. The number of hydrogen-bond donors (Lipinski definition) is 1. The number of piperazine rings is 1. The lowest BCUT2D eigenvalue weighted by molar-refractivity contribution is 0.0655. The van der Waals surface area contributed by atoms with E-state index in [0.717, 1.165) is 19.6 Å². The summed E-state index contributed by atoms with van der Waals surface area (Å²) >= 11 is 0. The lowest BCUT2D eigenvalue weighted by atomic mass is 10.1. The molecule has 1 atom stereocenters. The summed E-state index contributed by atoms with van der Waals surface area (Å²) in [5.41, 5.74) is 0.621. The monoisotopic (exact) mass is 298 g/mol. The highest BCUT2D eigenvalue weighted by Crippen LogP contribution is 2.21. The molecule has 1 aliphatic rings. The van der Waals surface area contributed by atoms with Crippen LogP contribution in [0.15, 0.2) is 42.9 Å². The molecule has 0 saturated carbocycles. The number of nitrogens with one attached hydrogen (secondary N) is 1. The van der Waals surface area contributed by atoms with Crippen molar-refractivity contribution in [1.29, 1.82) is 0 Å². The first kappa shape index (κ1) is 14.5. The zero-order chi connectivity index (χ0) is 15.4. The highest BCUT2D eigenvalue weighted by Gasteiger charge is 2.24. The summed E-state index contributed by atoms with van der Waals surface area (Å²) < 4.78 is 5.63. The fraction of sp³-hybridized carbons (Fsp3) is 0.312. The summed E-state index contributed by atoms with van der Waals surface area (Å²) in [4.78, 5) is 22.5. The zero-order valence-electron chi connectivity index (χ0n) is 12.4. The molecule has 2 aromatic rings. The highest BCUT2D eigenvalue weighted by atomic mass is 16.5. The number of hydrogen-bond acceptors (Lipinski definition) is 5. The van der Waals surface area contributed by atoms with Gasteiger partial charge in [0.05, 0.1) is 6.20 Å². The number of rotatable bonds is 3. The summed E-state index contributed by atoms with van der Waals surface area (Å²) in [6.07, 6.45) is 4.68. The highest BCUT2D eigenvalue weighted by molar-refractivity contribution is 5.94. The average molecular weight is 298 g/mol. The smallest absolute Gasteiger partial charge is 0.254 e. The molecule has 0 radical (unpaired) electrons. The summed E-state index contributed by atoms with van der Waals surface area (Å²) in [5.74, 6) is 1.01. The molecule has 1 aromatic carbocycles. The summed E-state index contributed by atoms with van der Waals surface area (Å²) in [6, 6.07) is 7.34. The van der Waals surface area contributed by atoms with Gasteiger partial charge in [-0.1, -0.05) is 6.07 Å². The van der Waals surface area contributed by atoms with Crippen LogP contribution in [0.3, 0.4) is 0 Å². The van der Waals surface area contributed by atoms with Gasteiger partial charge in [-0.2, -0.15) is 0 Å². The quantitative estimate of drug-likeness (QED) is 0.934. The lowest BCUT2D eigenvalue weighted by Crippen LogP contribution is -2.52. The summed E-state index contributed by atoms with van der Waals surface area (Å²) in [5, 5.41) is 3.28. The first-order chi connectivity index (χ1) is 10.7. The second kappa shape index (κ2) is 6.53. The second-order valence-corrected chi connectivity index (χ2v) is 5.23. The molecule has 0 bridgehead atoms. The normalized spacial score (nSPS) is 18.0. The van der Waals surface area contributed by atoms with Gasteiger partial charge in [0, 0.05) is 43.6 Å². The SMILES string of the molecule is CC1CNCCN1C(=O)c1cccc(Oc2cnccn2)c1. The Kier molecular flexibility index (Phi) is 4.29. The van der Waals surface area contributed by atoms with E-state index in [4.69, 9.17) is 4.74 Å². The minimum absolute atomic E-state index is 0.0265. The van der Waals surface area contributed by atoms with E-state index in [1.54, 1.807) is 30.6 Å². The van der Waals surface area contributed by atoms with Crippen LogP contribution in [0.4, 0.5) is 0 Å². The average Bonchev–Trinajstić information content (AvgIpc) is 2.56. The Hall–Kier alpha value is -2.47. The van der Waals surface area contributed by atoms with Crippen molar-refractivity contribution in [1.82, 2.24) is 20.2 Å². The van der Waals surface area contributed by atoms with Crippen molar-refractivity contribution in [2.75, 3.05) is 19.6 Å². The third kappa shape index (κ3) is 3.23. The van der Waals surface area contributed by atoms with Crippen molar-refractivity contribution >= 4 is 5.91 Å². The minimum Gasteiger partial charge on any atom is -0.437 e. The molecule has 3 rings (SSSR count). The summed E-state index contributed by atoms with van der Waals surface area (Å²) in [7, 11) is 0. The van der Waals surface area contributed by atoms with Crippen molar-refractivity contribution in [3.8, 4) is 11.6 Å². The fourth-order valence-electron chi connectivity index (χ4n) is 2.46. The third-order valence-electron chi connectivity index (χ3n) is 3.61. The van der Waals surface area contributed by atoms with Crippen LogP contribution in [0.5, 0.6) is 11.6 Å². The van der Waals surface area contributed by atoms with E-state index in [-0.39, 0.29) is 11.9 Å². The first-order valence-corrected chi connectivity index (χ1v) is 7.29. The third-order valence-corrected chi connectivity index (χ3v) is 3.61. The molecular formula is C16H18N4O2. The van der Waals surface area contributed by atoms with Gasteiger partial charge < -0.3 is 15.0 Å². The van der Waals surface area contributed by atoms with E-state index in [0.29, 0.717) is 17.2 Å². The van der Waals surface area contributed by atoms with Crippen LogP contribution in [0, 0.1) is 0 Å². The van der Waals surface area contributed by atoms with Gasteiger partial charge in [0.15, 0.2) is 0 Å². The molecule has 22 heavy (non-hydrogen) atoms. The molecule has 1 N–H and O–H groups in total. The van der Waals surface area contributed by atoms with Crippen molar-refractivity contribution in [3.63, 3.8) is 0 Å². The fourth-order valence-corrected chi connectivity index (χ4v) is 2.46. The number of amides is 1. The van der Waals surface area contributed by atoms with E-state index in [1.807, 2.05) is 17.9 Å². The zero-order valence-corrected chi connectivity index (χ0v) is 12.4. The molecule has 1 amide bonds. The molecule has 114 valence electrons. The Labute approximate surface area is 129 Å². The van der Waals surface area contributed by atoms with Gasteiger partial charge >= 0.3 is 0 Å². The van der Waals surface area contributed by atoms with Crippen LogP contribution in [0.25, 0.3) is 0 Å². The van der Waals surface area contributed by atoms with Crippen LogP contribution in [-0.4, -0.2) is 46.5 Å². The maximum atomic E-state index is 12.6. The van der Waals surface area contributed by atoms with Gasteiger partial charge in [0.25, 0.3) is 5.91 Å². The van der Waals surface area contributed by atoms with Gasteiger partial charge in [-0.05, 0) is 25.1 Å². The molecule has 1 aliphatic heterocycles. The molecule has 2 heterocycles. The first-order valence-electron chi connectivity index (χ1n) is 7.29. The Morgan fingerprint density at radius 2 is 2.32 bits per heavy atom. The molecular weight excluding hydrogens is 280 g/mol. The Morgan fingerprint density at radius 1 is 1.41 bits per heavy atom. The molecule has 1 saturated heterocycles. The van der Waals surface area contributed by atoms with Crippen LogP contribution in [0.2, 0.25) is 0 Å².